The fraction of sp³-hybridized carbons (Fsp3) is 0.115. The SMILES string of the molecule is Cc1ccc(C=NNC(=O)C(=Cc2ccc(N(C)C)cc2)NC(=O)c2ccccc2)c(O)c1. The molecule has 0 radical (unpaired) electrons. The second kappa shape index (κ2) is 10.8. The minimum Gasteiger partial charge on any atom is -0.507 e. The molecule has 0 atom stereocenters. The molecule has 0 aliphatic heterocycles. The number of rotatable bonds is 7. The van der Waals surface area contributed by atoms with Gasteiger partial charge in [0.05, 0.1) is 6.21 Å². The van der Waals surface area contributed by atoms with Crippen molar-refractivity contribution in [3.8, 4) is 5.75 Å². The summed E-state index contributed by atoms with van der Waals surface area (Å²) in [6.45, 7) is 1.86. The van der Waals surface area contributed by atoms with Crippen LogP contribution in [0.2, 0.25) is 0 Å². The van der Waals surface area contributed by atoms with Crippen molar-refractivity contribution in [2.24, 2.45) is 5.10 Å². The van der Waals surface area contributed by atoms with Gasteiger partial charge in [0, 0.05) is 30.9 Å². The number of benzene rings is 3. The number of amides is 2. The zero-order chi connectivity index (χ0) is 23.8. The molecule has 0 saturated heterocycles. The van der Waals surface area contributed by atoms with Crippen LogP contribution in [0.4, 0.5) is 5.69 Å². The molecule has 0 spiro atoms. The van der Waals surface area contributed by atoms with Gasteiger partial charge in [-0.25, -0.2) is 5.43 Å². The number of phenols is 1. The number of aromatic hydroxyl groups is 1. The van der Waals surface area contributed by atoms with Crippen molar-refractivity contribution in [3.63, 3.8) is 0 Å². The van der Waals surface area contributed by atoms with Crippen molar-refractivity contribution in [2.75, 3.05) is 19.0 Å². The smallest absolute Gasteiger partial charge is 0.287 e. The monoisotopic (exact) mass is 442 g/mol. The van der Waals surface area contributed by atoms with Gasteiger partial charge < -0.3 is 15.3 Å². The Bertz CT molecular complexity index is 1180. The summed E-state index contributed by atoms with van der Waals surface area (Å²) in [4.78, 5) is 27.5. The largest absolute Gasteiger partial charge is 0.507 e. The maximum atomic E-state index is 12.8. The molecular formula is C26H26N4O3. The highest BCUT2D eigenvalue weighted by atomic mass is 16.3. The van der Waals surface area contributed by atoms with E-state index in [4.69, 9.17) is 0 Å². The highest BCUT2D eigenvalue weighted by molar-refractivity contribution is 6.05. The Kier molecular flexibility index (Phi) is 7.60. The number of carbonyl (C=O) groups excluding carboxylic acids is 2. The second-order valence-electron chi connectivity index (χ2n) is 7.63. The Labute approximate surface area is 193 Å². The van der Waals surface area contributed by atoms with Crippen LogP contribution in [0, 0.1) is 6.92 Å². The number of aryl methyl sites for hydroxylation is 1. The fourth-order valence-corrected chi connectivity index (χ4v) is 2.96. The van der Waals surface area contributed by atoms with Gasteiger partial charge in [0.1, 0.15) is 11.4 Å². The average molecular weight is 443 g/mol. The Morgan fingerprint density at radius 1 is 0.970 bits per heavy atom. The summed E-state index contributed by atoms with van der Waals surface area (Å²) in [5, 5.41) is 16.6. The molecule has 3 rings (SSSR count). The molecule has 0 aliphatic carbocycles. The average Bonchev–Trinajstić information content (AvgIpc) is 2.80. The molecule has 0 bridgehead atoms. The standard InChI is InChI=1S/C26H26N4O3/c1-18-9-12-21(24(31)15-18)17-27-29-26(33)23(28-25(32)20-7-5-4-6-8-20)16-19-10-13-22(14-11-19)30(2)3/h4-17,31H,1-3H3,(H,28,32)(H,29,33). The van der Waals surface area contributed by atoms with E-state index >= 15 is 0 Å². The predicted molar refractivity (Wildman–Crippen MR) is 131 cm³/mol. The van der Waals surface area contributed by atoms with Crippen molar-refractivity contribution in [3.05, 3.63) is 101 Å². The van der Waals surface area contributed by atoms with Crippen molar-refractivity contribution in [2.45, 2.75) is 6.92 Å². The van der Waals surface area contributed by atoms with Gasteiger partial charge in [0.2, 0.25) is 0 Å². The molecule has 168 valence electrons. The molecule has 2 amide bonds. The molecule has 0 fully saturated rings. The van der Waals surface area contributed by atoms with E-state index < -0.39 is 11.8 Å². The van der Waals surface area contributed by atoms with Crippen molar-refractivity contribution < 1.29 is 14.7 Å². The minimum atomic E-state index is -0.598. The first-order valence-electron chi connectivity index (χ1n) is 10.3. The molecule has 3 aromatic carbocycles. The number of hydrazone groups is 1. The van der Waals surface area contributed by atoms with Crippen LogP contribution in [0.3, 0.4) is 0 Å². The number of phenolic OH excluding ortho intramolecular Hbond substituents is 1. The van der Waals surface area contributed by atoms with Gasteiger partial charge in [-0.2, -0.15) is 5.10 Å². The summed E-state index contributed by atoms with van der Waals surface area (Å²) in [6, 6.07) is 21.3. The highest BCUT2D eigenvalue weighted by Gasteiger charge is 2.14. The van der Waals surface area contributed by atoms with Crippen LogP contribution in [0.1, 0.15) is 27.0 Å². The third-order valence-corrected chi connectivity index (χ3v) is 4.80. The second-order valence-corrected chi connectivity index (χ2v) is 7.63. The first kappa shape index (κ1) is 23.3. The normalized spacial score (nSPS) is 11.3. The Morgan fingerprint density at radius 3 is 2.30 bits per heavy atom. The van der Waals surface area contributed by atoms with Crippen LogP contribution < -0.4 is 15.6 Å². The number of hydrogen-bond donors (Lipinski definition) is 3. The Morgan fingerprint density at radius 2 is 1.67 bits per heavy atom. The maximum Gasteiger partial charge on any atom is 0.287 e. The van der Waals surface area contributed by atoms with E-state index in [9.17, 15) is 14.7 Å². The lowest BCUT2D eigenvalue weighted by molar-refractivity contribution is -0.117. The maximum absolute atomic E-state index is 12.8. The lowest BCUT2D eigenvalue weighted by Crippen LogP contribution is -2.32. The van der Waals surface area contributed by atoms with Gasteiger partial charge in [0.25, 0.3) is 11.8 Å². The summed E-state index contributed by atoms with van der Waals surface area (Å²) in [5.74, 6) is -0.956. The van der Waals surface area contributed by atoms with Gasteiger partial charge in [-0.15, -0.1) is 0 Å². The first-order chi connectivity index (χ1) is 15.8. The van der Waals surface area contributed by atoms with E-state index in [-0.39, 0.29) is 11.4 Å². The van der Waals surface area contributed by atoms with E-state index in [1.54, 1.807) is 42.5 Å². The molecule has 33 heavy (non-hydrogen) atoms. The van der Waals surface area contributed by atoms with Gasteiger partial charge in [0.15, 0.2) is 0 Å². The van der Waals surface area contributed by atoms with Crippen LogP contribution in [-0.2, 0) is 4.79 Å². The molecule has 0 heterocycles. The van der Waals surface area contributed by atoms with Gasteiger partial charge in [-0.1, -0.05) is 36.4 Å². The summed E-state index contributed by atoms with van der Waals surface area (Å²) in [6.07, 6.45) is 2.92. The van der Waals surface area contributed by atoms with E-state index in [1.165, 1.54) is 6.21 Å². The molecule has 0 aliphatic rings. The fourth-order valence-electron chi connectivity index (χ4n) is 2.96. The molecule has 3 aromatic rings. The Hall–Kier alpha value is -4.39. The predicted octanol–water partition coefficient (Wildman–Crippen LogP) is 3.69. The van der Waals surface area contributed by atoms with Crippen LogP contribution in [-0.4, -0.2) is 37.2 Å². The zero-order valence-corrected chi connectivity index (χ0v) is 18.7. The van der Waals surface area contributed by atoms with E-state index in [0.29, 0.717) is 11.1 Å². The van der Waals surface area contributed by atoms with E-state index in [2.05, 4.69) is 15.8 Å². The lowest BCUT2D eigenvalue weighted by atomic mass is 10.1. The molecule has 3 N–H and O–H groups in total. The van der Waals surface area contributed by atoms with Gasteiger partial charge in [-0.05, 0) is 60.5 Å². The molecule has 0 aromatic heterocycles. The number of anilines is 1. The summed E-state index contributed by atoms with van der Waals surface area (Å²) in [7, 11) is 3.88. The number of carbonyl (C=O) groups is 2. The molecule has 0 unspecified atom stereocenters. The highest BCUT2D eigenvalue weighted by Crippen LogP contribution is 2.16. The molecular weight excluding hydrogens is 416 g/mol. The molecule has 0 saturated carbocycles. The van der Waals surface area contributed by atoms with Crippen LogP contribution in [0.25, 0.3) is 6.08 Å². The quantitative estimate of drug-likeness (QED) is 0.296. The first-order valence-corrected chi connectivity index (χ1v) is 10.3. The number of nitrogens with zero attached hydrogens (tertiary/aromatic N) is 2. The van der Waals surface area contributed by atoms with Crippen molar-refractivity contribution in [1.82, 2.24) is 10.7 Å². The Balaban J connectivity index is 1.82. The number of nitrogens with one attached hydrogen (secondary N) is 2. The summed E-state index contributed by atoms with van der Waals surface area (Å²) >= 11 is 0. The molecule has 7 heteroatoms. The third-order valence-electron chi connectivity index (χ3n) is 4.80. The summed E-state index contributed by atoms with van der Waals surface area (Å²) < 4.78 is 0. The van der Waals surface area contributed by atoms with E-state index in [1.807, 2.05) is 62.3 Å². The minimum absolute atomic E-state index is 0.0340. The van der Waals surface area contributed by atoms with Crippen molar-refractivity contribution >= 4 is 29.8 Å². The summed E-state index contributed by atoms with van der Waals surface area (Å²) in [5.41, 5.74) is 5.97. The number of hydrogen-bond acceptors (Lipinski definition) is 5. The molecule has 7 nitrogen and oxygen atoms in total. The van der Waals surface area contributed by atoms with Crippen LogP contribution in [0.15, 0.2) is 83.6 Å². The van der Waals surface area contributed by atoms with Crippen LogP contribution in [0.5, 0.6) is 5.75 Å². The van der Waals surface area contributed by atoms with Crippen LogP contribution >= 0.6 is 0 Å². The van der Waals surface area contributed by atoms with Gasteiger partial charge >= 0.3 is 0 Å². The lowest BCUT2D eigenvalue weighted by Gasteiger charge is -2.12. The third kappa shape index (κ3) is 6.54. The zero-order valence-electron chi connectivity index (χ0n) is 18.7. The topological polar surface area (TPSA) is 94.0 Å². The van der Waals surface area contributed by atoms with Gasteiger partial charge in [-0.3, -0.25) is 9.59 Å². The van der Waals surface area contributed by atoms with Crippen molar-refractivity contribution in [1.29, 1.82) is 0 Å². The van der Waals surface area contributed by atoms with E-state index in [0.717, 1.165) is 16.8 Å².